The largest absolute Gasteiger partial charge is 0.487 e. The zero-order chi connectivity index (χ0) is 23.5. The Kier molecular flexibility index (Phi) is 6.42. The van der Waals surface area contributed by atoms with E-state index in [-0.39, 0.29) is 18.5 Å². The van der Waals surface area contributed by atoms with Crippen LogP contribution in [0, 0.1) is 11.7 Å². The van der Waals surface area contributed by atoms with Crippen molar-refractivity contribution in [3.8, 4) is 17.4 Å². The van der Waals surface area contributed by atoms with Crippen molar-refractivity contribution in [2.45, 2.75) is 44.6 Å². The minimum atomic E-state index is -0.957. The second kappa shape index (κ2) is 9.79. The van der Waals surface area contributed by atoms with E-state index in [2.05, 4.69) is 4.98 Å². The Bertz CT molecular complexity index is 1130. The first-order chi connectivity index (χ1) is 16.6. The molecule has 2 aliphatic rings. The maximum absolute atomic E-state index is 13.1. The van der Waals surface area contributed by atoms with Gasteiger partial charge >= 0.3 is 5.97 Å². The van der Waals surface area contributed by atoms with Gasteiger partial charge in [0.2, 0.25) is 5.88 Å². The van der Waals surface area contributed by atoms with E-state index in [0.29, 0.717) is 29.0 Å². The number of aliphatic carboxylic acids is 1. The van der Waals surface area contributed by atoms with E-state index in [1.54, 1.807) is 23.3 Å². The second-order valence-electron chi connectivity index (χ2n) is 8.53. The Balaban J connectivity index is 1.22. The average molecular weight is 464 g/mol. The zero-order valence-corrected chi connectivity index (χ0v) is 18.5. The number of carboxylic acids is 1. The molecule has 2 aromatic carbocycles. The number of carbonyl (C=O) groups is 1. The monoisotopic (exact) mass is 464 g/mol. The van der Waals surface area contributed by atoms with Crippen LogP contribution in [0.15, 0.2) is 66.7 Å². The summed E-state index contributed by atoms with van der Waals surface area (Å²) in [7, 11) is 0. The van der Waals surface area contributed by atoms with E-state index in [1.807, 2.05) is 36.4 Å². The molecular weight excluding hydrogens is 439 g/mol. The highest BCUT2D eigenvalue weighted by atomic mass is 19.1. The SMILES string of the molecule is O=C(O)[C@H]1ON1C(c1ccc(OCc2cccc(Oc3ccc(F)cc3)n2)cc1)C1CCCC1. The molecule has 34 heavy (non-hydrogen) atoms. The summed E-state index contributed by atoms with van der Waals surface area (Å²) in [5.41, 5.74) is 1.71. The molecule has 3 aromatic rings. The summed E-state index contributed by atoms with van der Waals surface area (Å²) >= 11 is 0. The lowest BCUT2D eigenvalue weighted by molar-refractivity contribution is -0.138. The predicted octanol–water partition coefficient (Wildman–Crippen LogP) is 5.48. The number of pyridine rings is 1. The number of hydrogen-bond donors (Lipinski definition) is 1. The Morgan fingerprint density at radius 1 is 1.06 bits per heavy atom. The van der Waals surface area contributed by atoms with Gasteiger partial charge in [0.1, 0.15) is 23.9 Å². The maximum Gasteiger partial charge on any atom is 0.352 e. The summed E-state index contributed by atoms with van der Waals surface area (Å²) in [4.78, 5) is 21.1. The lowest BCUT2D eigenvalue weighted by Gasteiger charge is -2.23. The van der Waals surface area contributed by atoms with Gasteiger partial charge < -0.3 is 14.6 Å². The fourth-order valence-electron chi connectivity index (χ4n) is 4.49. The number of halogens is 1. The van der Waals surface area contributed by atoms with E-state index in [4.69, 9.17) is 14.3 Å². The summed E-state index contributed by atoms with van der Waals surface area (Å²) < 4.78 is 24.7. The number of carboxylic acid groups (broad SMARTS) is 1. The fraction of sp³-hybridized carbons (Fsp3) is 0.308. The third-order valence-corrected chi connectivity index (χ3v) is 6.16. The number of hydrogen-bond acceptors (Lipinski definition) is 6. The van der Waals surface area contributed by atoms with Gasteiger partial charge in [0.15, 0.2) is 0 Å². The Morgan fingerprint density at radius 2 is 1.76 bits per heavy atom. The van der Waals surface area contributed by atoms with Crippen LogP contribution in [0.1, 0.15) is 43.0 Å². The molecule has 1 aliphatic carbocycles. The molecule has 1 aliphatic heterocycles. The van der Waals surface area contributed by atoms with Crippen LogP contribution in [0.4, 0.5) is 4.39 Å². The van der Waals surface area contributed by atoms with Crippen LogP contribution in [0.2, 0.25) is 0 Å². The first-order valence-electron chi connectivity index (χ1n) is 11.4. The molecule has 0 spiro atoms. The topological polar surface area (TPSA) is 84.2 Å². The molecule has 0 amide bonds. The number of hydroxylamine groups is 2. The molecule has 176 valence electrons. The number of ether oxygens (including phenoxy) is 2. The Morgan fingerprint density at radius 3 is 2.44 bits per heavy atom. The molecular formula is C26H25FN2O5. The molecule has 0 bridgehead atoms. The van der Waals surface area contributed by atoms with Gasteiger partial charge in [0, 0.05) is 6.07 Å². The van der Waals surface area contributed by atoms with E-state index < -0.39 is 12.2 Å². The van der Waals surface area contributed by atoms with Gasteiger partial charge in [-0.15, -0.1) is 5.06 Å². The van der Waals surface area contributed by atoms with Crippen molar-refractivity contribution in [3.05, 3.63) is 83.8 Å². The highest BCUT2D eigenvalue weighted by Gasteiger charge is 2.51. The van der Waals surface area contributed by atoms with Crippen LogP contribution in [0.3, 0.4) is 0 Å². The maximum atomic E-state index is 13.1. The summed E-state index contributed by atoms with van der Waals surface area (Å²) in [6.07, 6.45) is 3.58. The van der Waals surface area contributed by atoms with Crippen LogP contribution in [-0.2, 0) is 16.2 Å². The number of rotatable bonds is 9. The molecule has 7 nitrogen and oxygen atoms in total. The van der Waals surface area contributed by atoms with Crippen molar-refractivity contribution in [3.63, 3.8) is 0 Å². The lowest BCUT2D eigenvalue weighted by Crippen LogP contribution is -2.22. The normalized spacial score (nSPS) is 20.6. The molecule has 3 atom stereocenters. The summed E-state index contributed by atoms with van der Waals surface area (Å²) in [5, 5.41) is 10.9. The Hall–Kier alpha value is -3.49. The summed E-state index contributed by atoms with van der Waals surface area (Å²) in [6, 6.07) is 18.8. The number of benzene rings is 2. The van der Waals surface area contributed by atoms with E-state index in [1.165, 1.54) is 12.1 Å². The van der Waals surface area contributed by atoms with Crippen LogP contribution in [0.25, 0.3) is 0 Å². The third kappa shape index (κ3) is 5.18. The van der Waals surface area contributed by atoms with E-state index in [0.717, 1.165) is 31.2 Å². The minimum Gasteiger partial charge on any atom is -0.487 e. The zero-order valence-electron chi connectivity index (χ0n) is 18.5. The molecule has 1 saturated heterocycles. The van der Waals surface area contributed by atoms with Gasteiger partial charge in [-0.2, -0.15) is 0 Å². The second-order valence-corrected chi connectivity index (χ2v) is 8.53. The Labute approximate surface area is 196 Å². The quantitative estimate of drug-likeness (QED) is 0.420. The molecule has 2 unspecified atom stereocenters. The number of aromatic nitrogens is 1. The van der Waals surface area contributed by atoms with Crippen molar-refractivity contribution >= 4 is 5.97 Å². The highest BCUT2D eigenvalue weighted by Crippen LogP contribution is 2.45. The van der Waals surface area contributed by atoms with Gasteiger partial charge in [-0.1, -0.05) is 31.0 Å². The van der Waals surface area contributed by atoms with E-state index >= 15 is 0 Å². The minimum absolute atomic E-state index is 0.0698. The lowest BCUT2D eigenvalue weighted by atomic mass is 9.91. The van der Waals surface area contributed by atoms with Gasteiger partial charge in [0.05, 0.1) is 11.7 Å². The van der Waals surface area contributed by atoms with Crippen LogP contribution >= 0.6 is 0 Å². The van der Waals surface area contributed by atoms with Gasteiger partial charge in [-0.25, -0.2) is 14.2 Å². The average Bonchev–Trinajstić information content (AvgIpc) is 3.45. The van der Waals surface area contributed by atoms with Crippen molar-refractivity contribution in [2.24, 2.45) is 5.92 Å². The third-order valence-electron chi connectivity index (χ3n) is 6.16. The summed E-state index contributed by atoms with van der Waals surface area (Å²) in [5.74, 6) is 0.674. The first-order valence-corrected chi connectivity index (χ1v) is 11.4. The smallest absolute Gasteiger partial charge is 0.352 e. The van der Waals surface area contributed by atoms with Crippen molar-refractivity contribution in [2.75, 3.05) is 0 Å². The standard InChI is InChI=1S/C26H25FN2O5/c27-19-10-14-22(15-11-19)33-23-7-3-6-20(28-23)16-32-21-12-8-18(9-13-21)24(17-4-1-2-5-17)29-25(34-29)26(30)31/h3,6-15,17,24-25H,1-2,4-5,16H2,(H,30,31)/t24?,25-,29?/m1/s1. The van der Waals surface area contributed by atoms with Gasteiger partial charge in [-0.3, -0.25) is 4.84 Å². The molecule has 1 saturated carbocycles. The molecule has 5 rings (SSSR count). The van der Waals surface area contributed by atoms with Gasteiger partial charge in [-0.05, 0) is 66.8 Å². The van der Waals surface area contributed by atoms with Crippen LogP contribution in [0.5, 0.6) is 17.4 Å². The molecule has 8 heteroatoms. The van der Waals surface area contributed by atoms with Crippen molar-refractivity contribution in [1.82, 2.24) is 10.0 Å². The molecule has 2 heterocycles. The number of nitrogens with zero attached hydrogens (tertiary/aromatic N) is 2. The van der Waals surface area contributed by atoms with Gasteiger partial charge in [0.25, 0.3) is 6.23 Å². The molecule has 0 radical (unpaired) electrons. The summed E-state index contributed by atoms with van der Waals surface area (Å²) in [6.45, 7) is 0.252. The van der Waals surface area contributed by atoms with Crippen molar-refractivity contribution < 1.29 is 28.6 Å². The molecule has 1 aromatic heterocycles. The fourth-order valence-corrected chi connectivity index (χ4v) is 4.49. The molecule has 1 N–H and O–H groups in total. The highest BCUT2D eigenvalue weighted by molar-refractivity contribution is 5.73. The first kappa shape index (κ1) is 22.3. The molecule has 2 fully saturated rings. The van der Waals surface area contributed by atoms with Crippen LogP contribution in [-0.4, -0.2) is 27.4 Å². The van der Waals surface area contributed by atoms with E-state index in [9.17, 15) is 14.3 Å². The van der Waals surface area contributed by atoms with Crippen LogP contribution < -0.4 is 9.47 Å². The predicted molar refractivity (Wildman–Crippen MR) is 121 cm³/mol. The van der Waals surface area contributed by atoms with Crippen molar-refractivity contribution in [1.29, 1.82) is 0 Å².